The fourth-order valence-corrected chi connectivity index (χ4v) is 2.25. The molecule has 8 heteroatoms. The number of fused-ring (bicyclic) bond motifs is 1. The van der Waals surface area contributed by atoms with Crippen molar-refractivity contribution in [2.24, 2.45) is 10.2 Å². The third kappa shape index (κ3) is 2.94. The number of rotatable bonds is 3. The molecule has 0 radical (unpaired) electrons. The molecule has 5 nitrogen and oxygen atoms in total. The lowest BCUT2D eigenvalue weighted by Gasteiger charge is -2.07. The van der Waals surface area contributed by atoms with Crippen LogP contribution in [0.25, 0.3) is 5.65 Å². The molecule has 0 aliphatic heterocycles. The fraction of sp³-hybridized carbons (Fsp3) is 0.188. The minimum absolute atomic E-state index is 0.238. The van der Waals surface area contributed by atoms with Crippen LogP contribution in [0.3, 0.4) is 0 Å². The zero-order valence-electron chi connectivity index (χ0n) is 12.9. The van der Waals surface area contributed by atoms with Crippen molar-refractivity contribution in [3.8, 4) is 5.75 Å². The van der Waals surface area contributed by atoms with Crippen LogP contribution < -0.4 is 4.74 Å². The zero-order chi connectivity index (χ0) is 17.3. The smallest absolute Gasteiger partial charge is 0.417 e. The molecule has 2 aromatic heterocycles. The van der Waals surface area contributed by atoms with Crippen LogP contribution in [0.2, 0.25) is 0 Å². The van der Waals surface area contributed by atoms with Crippen molar-refractivity contribution < 1.29 is 17.9 Å². The Labute approximate surface area is 135 Å². The van der Waals surface area contributed by atoms with Gasteiger partial charge in [-0.05, 0) is 31.2 Å². The zero-order valence-corrected chi connectivity index (χ0v) is 12.9. The van der Waals surface area contributed by atoms with Gasteiger partial charge in [-0.25, -0.2) is 4.98 Å². The lowest BCUT2D eigenvalue weighted by atomic mass is 10.3. The quantitative estimate of drug-likeness (QED) is 0.627. The summed E-state index contributed by atoms with van der Waals surface area (Å²) in [4.78, 5) is 4.20. The van der Waals surface area contributed by atoms with Crippen LogP contribution in [0.15, 0.2) is 52.8 Å². The molecule has 24 heavy (non-hydrogen) atoms. The van der Waals surface area contributed by atoms with Crippen LogP contribution in [0, 0.1) is 6.92 Å². The first-order chi connectivity index (χ1) is 11.4. The lowest BCUT2D eigenvalue weighted by molar-refractivity contribution is -0.137. The topological polar surface area (TPSA) is 51.2 Å². The van der Waals surface area contributed by atoms with Crippen LogP contribution in [0.5, 0.6) is 5.75 Å². The molecule has 0 amide bonds. The van der Waals surface area contributed by atoms with E-state index < -0.39 is 11.7 Å². The van der Waals surface area contributed by atoms with Crippen LogP contribution in [0.4, 0.5) is 24.7 Å². The molecule has 0 spiro atoms. The number of halogens is 3. The van der Waals surface area contributed by atoms with Crippen LogP contribution in [0.1, 0.15) is 11.3 Å². The molecule has 2 heterocycles. The number of azo groups is 1. The van der Waals surface area contributed by atoms with Crippen molar-refractivity contribution in [2.75, 3.05) is 7.11 Å². The van der Waals surface area contributed by atoms with E-state index in [1.807, 2.05) is 0 Å². The number of para-hydroxylation sites is 1. The predicted molar refractivity (Wildman–Crippen MR) is 82.1 cm³/mol. The van der Waals surface area contributed by atoms with E-state index in [-0.39, 0.29) is 5.82 Å². The lowest BCUT2D eigenvalue weighted by Crippen LogP contribution is -2.06. The van der Waals surface area contributed by atoms with Crippen molar-refractivity contribution in [1.82, 2.24) is 9.38 Å². The molecule has 0 saturated carbocycles. The van der Waals surface area contributed by atoms with E-state index in [4.69, 9.17) is 4.74 Å². The second kappa shape index (κ2) is 5.95. The van der Waals surface area contributed by atoms with Crippen molar-refractivity contribution in [3.05, 3.63) is 53.9 Å². The largest absolute Gasteiger partial charge is 0.494 e. The van der Waals surface area contributed by atoms with E-state index in [1.165, 1.54) is 17.6 Å². The Kier molecular flexibility index (Phi) is 3.96. The minimum Gasteiger partial charge on any atom is -0.494 e. The highest BCUT2D eigenvalue weighted by Crippen LogP contribution is 2.32. The molecule has 0 aliphatic rings. The van der Waals surface area contributed by atoms with E-state index in [1.54, 1.807) is 31.2 Å². The summed E-state index contributed by atoms with van der Waals surface area (Å²) >= 11 is 0. The van der Waals surface area contributed by atoms with Gasteiger partial charge in [-0.2, -0.15) is 13.2 Å². The maximum Gasteiger partial charge on any atom is 0.417 e. The number of ether oxygens (including phenoxy) is 1. The number of benzene rings is 1. The Hall–Kier alpha value is -2.90. The number of hydrogen-bond acceptors (Lipinski definition) is 4. The fourth-order valence-electron chi connectivity index (χ4n) is 2.25. The van der Waals surface area contributed by atoms with Gasteiger partial charge in [0.15, 0.2) is 5.82 Å². The average Bonchev–Trinajstić information content (AvgIpc) is 2.86. The van der Waals surface area contributed by atoms with E-state index in [2.05, 4.69) is 15.2 Å². The summed E-state index contributed by atoms with van der Waals surface area (Å²) in [6.45, 7) is 1.66. The summed E-state index contributed by atoms with van der Waals surface area (Å²) in [5.41, 5.74) is 0.546. The molecule has 124 valence electrons. The molecule has 0 unspecified atom stereocenters. The van der Waals surface area contributed by atoms with Crippen molar-refractivity contribution in [3.63, 3.8) is 0 Å². The number of imidazole rings is 1. The maximum absolute atomic E-state index is 12.9. The summed E-state index contributed by atoms with van der Waals surface area (Å²) in [6, 6.07) is 9.26. The van der Waals surface area contributed by atoms with E-state index in [0.29, 0.717) is 22.8 Å². The number of aromatic nitrogens is 2. The van der Waals surface area contributed by atoms with Gasteiger partial charge in [-0.1, -0.05) is 12.1 Å². The van der Waals surface area contributed by atoms with Gasteiger partial charge in [-0.3, -0.25) is 4.40 Å². The van der Waals surface area contributed by atoms with Gasteiger partial charge in [0.25, 0.3) is 0 Å². The molecular formula is C16H13F3N4O. The Balaban J connectivity index is 2.08. The van der Waals surface area contributed by atoms with Gasteiger partial charge in [0.05, 0.1) is 18.4 Å². The average molecular weight is 334 g/mol. The molecule has 3 aromatic rings. The number of hydrogen-bond donors (Lipinski definition) is 0. The molecule has 0 N–H and O–H groups in total. The SMILES string of the molecule is COc1ccccc1N=Nc1c(C)nc2ccc(C(F)(F)F)cn12. The maximum atomic E-state index is 12.9. The standard InChI is InChI=1S/C16H13F3N4O/c1-10-15(22-21-12-5-3-4-6-13(12)24-2)23-9-11(16(17,18)19)7-8-14(23)20-10/h3-9H,1-2H3. The summed E-state index contributed by atoms with van der Waals surface area (Å²) in [6.07, 6.45) is -3.48. The normalized spacial score (nSPS) is 12.2. The highest BCUT2D eigenvalue weighted by atomic mass is 19.4. The van der Waals surface area contributed by atoms with Gasteiger partial charge in [0, 0.05) is 6.20 Å². The molecular weight excluding hydrogens is 321 g/mol. The highest BCUT2D eigenvalue weighted by Gasteiger charge is 2.31. The van der Waals surface area contributed by atoms with Gasteiger partial charge >= 0.3 is 6.18 Å². The number of methoxy groups -OCH3 is 1. The van der Waals surface area contributed by atoms with Crippen LogP contribution in [-0.2, 0) is 6.18 Å². The first kappa shape index (κ1) is 16.0. The van der Waals surface area contributed by atoms with Gasteiger partial charge in [0.2, 0.25) is 0 Å². The molecule has 0 atom stereocenters. The second-order valence-corrected chi connectivity index (χ2v) is 5.04. The predicted octanol–water partition coefficient (Wildman–Crippen LogP) is 5.09. The van der Waals surface area contributed by atoms with E-state index >= 15 is 0 Å². The third-order valence-electron chi connectivity index (χ3n) is 3.43. The first-order valence-electron chi connectivity index (χ1n) is 7.01. The number of pyridine rings is 1. The summed E-state index contributed by atoms with van der Waals surface area (Å²) in [7, 11) is 1.50. The molecule has 0 saturated heterocycles. The molecule has 0 fully saturated rings. The number of nitrogens with zero attached hydrogens (tertiary/aromatic N) is 4. The van der Waals surface area contributed by atoms with Crippen molar-refractivity contribution in [1.29, 1.82) is 0 Å². The third-order valence-corrected chi connectivity index (χ3v) is 3.43. The monoisotopic (exact) mass is 334 g/mol. The van der Waals surface area contributed by atoms with Gasteiger partial charge in [0.1, 0.15) is 17.1 Å². The van der Waals surface area contributed by atoms with Gasteiger partial charge in [-0.15, -0.1) is 10.2 Å². The van der Waals surface area contributed by atoms with Crippen molar-refractivity contribution >= 4 is 17.2 Å². The molecule has 3 rings (SSSR count). The van der Waals surface area contributed by atoms with E-state index in [0.717, 1.165) is 12.3 Å². The van der Waals surface area contributed by atoms with Crippen LogP contribution >= 0.6 is 0 Å². The summed E-state index contributed by atoms with van der Waals surface area (Å²) in [5.74, 6) is 0.755. The Bertz CT molecular complexity index is 915. The Morgan fingerprint density at radius 1 is 1.08 bits per heavy atom. The van der Waals surface area contributed by atoms with Crippen molar-refractivity contribution in [2.45, 2.75) is 13.1 Å². The molecule has 0 bridgehead atoms. The van der Waals surface area contributed by atoms with Crippen LogP contribution in [-0.4, -0.2) is 16.5 Å². The number of aryl methyl sites for hydroxylation is 1. The second-order valence-electron chi connectivity index (χ2n) is 5.04. The minimum atomic E-state index is -4.44. The molecule has 0 aliphatic carbocycles. The summed E-state index contributed by atoms with van der Waals surface area (Å²) < 4.78 is 45.1. The first-order valence-corrected chi connectivity index (χ1v) is 7.01. The van der Waals surface area contributed by atoms with E-state index in [9.17, 15) is 13.2 Å². The Morgan fingerprint density at radius 3 is 2.54 bits per heavy atom. The Morgan fingerprint density at radius 2 is 1.83 bits per heavy atom. The number of alkyl halides is 3. The molecule has 1 aromatic carbocycles. The highest BCUT2D eigenvalue weighted by molar-refractivity contribution is 5.54. The summed E-state index contributed by atoms with van der Waals surface area (Å²) in [5, 5.41) is 8.15. The van der Waals surface area contributed by atoms with Gasteiger partial charge < -0.3 is 4.74 Å².